The molecule has 1 fully saturated rings. The molecule has 0 aliphatic carbocycles. The normalized spacial score (nSPS) is 17.2. The molecule has 2 aromatic rings. The predicted octanol–water partition coefficient (Wildman–Crippen LogP) is 1.96. The molecule has 1 saturated heterocycles. The zero-order valence-electron chi connectivity index (χ0n) is 13.7. The number of hydrogen-bond donors (Lipinski definition) is 2. The van der Waals surface area contributed by atoms with Crippen LogP contribution in [0.1, 0.15) is 18.3 Å². The Morgan fingerprint density at radius 1 is 1.46 bits per heavy atom. The van der Waals surface area contributed by atoms with Gasteiger partial charge in [0.2, 0.25) is 0 Å². The van der Waals surface area contributed by atoms with Crippen LogP contribution < -0.4 is 10.6 Å². The third-order valence-electron chi connectivity index (χ3n) is 3.75. The molecular formula is C16H21ClN4O3. The highest BCUT2D eigenvalue weighted by Crippen LogP contribution is 2.24. The van der Waals surface area contributed by atoms with Crippen molar-refractivity contribution >= 4 is 24.0 Å². The summed E-state index contributed by atoms with van der Waals surface area (Å²) in [5.74, 6) is 0.956. The van der Waals surface area contributed by atoms with Crippen LogP contribution in [0.3, 0.4) is 0 Å². The number of nitrogens with one attached hydrogen (secondary N) is 2. The molecule has 24 heavy (non-hydrogen) atoms. The quantitative estimate of drug-likeness (QED) is 0.874. The van der Waals surface area contributed by atoms with Crippen molar-refractivity contribution in [3.63, 3.8) is 0 Å². The Morgan fingerprint density at radius 2 is 2.29 bits per heavy atom. The molecule has 2 heterocycles. The molecule has 1 amide bonds. The maximum absolute atomic E-state index is 12.3. The molecule has 2 N–H and O–H groups in total. The van der Waals surface area contributed by atoms with Crippen molar-refractivity contribution in [2.24, 2.45) is 0 Å². The van der Waals surface area contributed by atoms with Gasteiger partial charge in [0.25, 0.3) is 11.8 Å². The van der Waals surface area contributed by atoms with Crippen molar-refractivity contribution in [3.05, 3.63) is 29.6 Å². The van der Waals surface area contributed by atoms with E-state index >= 15 is 0 Å². The summed E-state index contributed by atoms with van der Waals surface area (Å²) in [6.07, 6.45) is 0.243. The molecule has 1 aromatic heterocycles. The first-order valence-corrected chi connectivity index (χ1v) is 7.74. The first kappa shape index (κ1) is 18.4. The fraction of sp³-hybridized carbons (Fsp3) is 0.438. The van der Waals surface area contributed by atoms with E-state index in [1.165, 1.54) is 0 Å². The highest BCUT2D eigenvalue weighted by Gasteiger charge is 2.22. The molecule has 130 valence electrons. The van der Waals surface area contributed by atoms with Crippen molar-refractivity contribution in [2.45, 2.75) is 26.4 Å². The van der Waals surface area contributed by atoms with Crippen LogP contribution in [0.5, 0.6) is 0 Å². The number of hydrogen-bond acceptors (Lipinski definition) is 6. The summed E-state index contributed by atoms with van der Waals surface area (Å²) in [7, 11) is 0. The molecule has 3 rings (SSSR count). The minimum atomic E-state index is -0.470. The van der Waals surface area contributed by atoms with Crippen molar-refractivity contribution in [1.29, 1.82) is 0 Å². The van der Waals surface area contributed by atoms with Crippen LogP contribution in [-0.2, 0) is 16.0 Å². The number of carbonyl (C=O) groups excluding carboxylic acids is 1. The second-order valence-electron chi connectivity index (χ2n) is 5.45. The van der Waals surface area contributed by atoms with E-state index in [0.717, 1.165) is 23.4 Å². The number of morpholine rings is 1. The molecule has 1 atom stereocenters. The second kappa shape index (κ2) is 8.23. The van der Waals surface area contributed by atoms with Crippen molar-refractivity contribution in [3.8, 4) is 11.5 Å². The summed E-state index contributed by atoms with van der Waals surface area (Å²) >= 11 is 0. The van der Waals surface area contributed by atoms with E-state index in [1.807, 2.05) is 32.0 Å². The lowest BCUT2D eigenvalue weighted by atomic mass is 10.1. The molecule has 1 unspecified atom stereocenters. The Morgan fingerprint density at radius 3 is 2.96 bits per heavy atom. The molecule has 0 bridgehead atoms. The zero-order valence-corrected chi connectivity index (χ0v) is 14.5. The Bertz CT molecular complexity index is 698. The third-order valence-corrected chi connectivity index (χ3v) is 3.75. The lowest BCUT2D eigenvalue weighted by Gasteiger charge is -2.23. The van der Waals surface area contributed by atoms with E-state index in [1.54, 1.807) is 0 Å². The first-order valence-electron chi connectivity index (χ1n) is 7.74. The molecule has 0 saturated carbocycles. The Kier molecular flexibility index (Phi) is 6.30. The largest absolute Gasteiger partial charge is 0.366 e. The van der Waals surface area contributed by atoms with E-state index in [2.05, 4.69) is 20.8 Å². The van der Waals surface area contributed by atoms with E-state index in [4.69, 9.17) is 9.26 Å². The van der Waals surface area contributed by atoms with Crippen molar-refractivity contribution < 1.29 is 14.1 Å². The number of halogens is 1. The summed E-state index contributed by atoms with van der Waals surface area (Å²) in [6, 6.07) is 5.66. The van der Waals surface area contributed by atoms with Gasteiger partial charge in [-0.05, 0) is 24.6 Å². The standard InChI is InChI=1S/C16H20N4O3.ClH/c1-3-14-19-16(23-20-14)11-5-4-10(2)12(8-11)18-15(21)13-9-17-6-7-22-13;/h4-5,8,13,17H,3,6-7,9H2,1-2H3,(H,18,21);1H. The number of ether oxygens (including phenoxy) is 1. The van der Waals surface area contributed by atoms with Gasteiger partial charge in [-0.2, -0.15) is 4.98 Å². The van der Waals surface area contributed by atoms with Crippen LogP contribution in [0, 0.1) is 6.92 Å². The van der Waals surface area contributed by atoms with E-state index in [0.29, 0.717) is 31.3 Å². The molecule has 1 aromatic carbocycles. The lowest BCUT2D eigenvalue weighted by molar-refractivity contribution is -0.128. The average Bonchev–Trinajstić information content (AvgIpc) is 3.07. The SMILES string of the molecule is CCc1noc(-c2ccc(C)c(NC(=O)C3CNCCO3)c2)n1.Cl. The first-order chi connectivity index (χ1) is 11.2. The van der Waals surface area contributed by atoms with Gasteiger partial charge in [0.1, 0.15) is 6.10 Å². The number of nitrogens with zero attached hydrogens (tertiary/aromatic N) is 2. The number of benzene rings is 1. The Hall–Kier alpha value is -1.96. The maximum Gasteiger partial charge on any atom is 0.257 e. The minimum Gasteiger partial charge on any atom is -0.366 e. The maximum atomic E-state index is 12.3. The van der Waals surface area contributed by atoms with E-state index in [9.17, 15) is 4.79 Å². The highest BCUT2D eigenvalue weighted by atomic mass is 35.5. The highest BCUT2D eigenvalue weighted by molar-refractivity contribution is 5.95. The summed E-state index contributed by atoms with van der Waals surface area (Å²) in [4.78, 5) is 16.6. The second-order valence-corrected chi connectivity index (χ2v) is 5.45. The van der Waals surface area contributed by atoms with Crippen LogP contribution >= 0.6 is 12.4 Å². The van der Waals surface area contributed by atoms with Gasteiger partial charge in [0.15, 0.2) is 5.82 Å². The van der Waals surface area contributed by atoms with Gasteiger partial charge in [0, 0.05) is 30.8 Å². The average molecular weight is 353 g/mol. The Labute approximate surface area is 146 Å². The van der Waals surface area contributed by atoms with E-state index < -0.39 is 6.10 Å². The molecule has 0 spiro atoms. The minimum absolute atomic E-state index is 0. The molecule has 7 nitrogen and oxygen atoms in total. The van der Waals surface area contributed by atoms with Crippen LogP contribution in [0.15, 0.2) is 22.7 Å². The summed E-state index contributed by atoms with van der Waals surface area (Å²) in [6.45, 7) is 5.74. The monoisotopic (exact) mass is 352 g/mol. The molecular weight excluding hydrogens is 332 g/mol. The number of anilines is 1. The number of carbonyl (C=O) groups is 1. The molecule has 1 aliphatic rings. The fourth-order valence-electron chi connectivity index (χ4n) is 2.35. The third kappa shape index (κ3) is 4.11. The Balaban J connectivity index is 0.00000208. The molecule has 1 aliphatic heterocycles. The van der Waals surface area contributed by atoms with Gasteiger partial charge < -0.3 is 19.9 Å². The van der Waals surface area contributed by atoms with Gasteiger partial charge in [-0.15, -0.1) is 12.4 Å². The van der Waals surface area contributed by atoms with Crippen LogP contribution in [-0.4, -0.2) is 41.8 Å². The fourth-order valence-corrected chi connectivity index (χ4v) is 2.35. The van der Waals surface area contributed by atoms with Gasteiger partial charge in [-0.25, -0.2) is 0 Å². The van der Waals surface area contributed by atoms with Crippen molar-refractivity contribution in [1.82, 2.24) is 15.5 Å². The number of aromatic nitrogens is 2. The smallest absolute Gasteiger partial charge is 0.257 e. The van der Waals surface area contributed by atoms with Gasteiger partial charge in [0.05, 0.1) is 6.61 Å². The van der Waals surface area contributed by atoms with E-state index in [-0.39, 0.29) is 18.3 Å². The van der Waals surface area contributed by atoms with Crippen LogP contribution in [0.4, 0.5) is 5.69 Å². The zero-order chi connectivity index (χ0) is 16.2. The topological polar surface area (TPSA) is 89.3 Å². The van der Waals surface area contributed by atoms with Gasteiger partial charge in [-0.3, -0.25) is 4.79 Å². The molecule has 8 heteroatoms. The van der Waals surface area contributed by atoms with Gasteiger partial charge >= 0.3 is 0 Å². The van der Waals surface area contributed by atoms with Crippen LogP contribution in [0.2, 0.25) is 0 Å². The number of amides is 1. The summed E-state index contributed by atoms with van der Waals surface area (Å²) < 4.78 is 10.7. The lowest BCUT2D eigenvalue weighted by Crippen LogP contribution is -2.45. The number of rotatable bonds is 4. The predicted molar refractivity (Wildman–Crippen MR) is 92.3 cm³/mol. The summed E-state index contributed by atoms with van der Waals surface area (Å²) in [5, 5.41) is 9.96. The summed E-state index contributed by atoms with van der Waals surface area (Å²) in [5.41, 5.74) is 2.46. The van der Waals surface area contributed by atoms with Crippen LogP contribution in [0.25, 0.3) is 11.5 Å². The van der Waals surface area contributed by atoms with Crippen molar-refractivity contribution in [2.75, 3.05) is 25.0 Å². The van der Waals surface area contributed by atoms with Gasteiger partial charge in [-0.1, -0.05) is 18.1 Å². The molecule has 0 radical (unpaired) electrons. The number of aryl methyl sites for hydroxylation is 2.